The van der Waals surface area contributed by atoms with Gasteiger partial charge in [-0.3, -0.25) is 9.59 Å². The zero-order valence-corrected chi connectivity index (χ0v) is 14.6. The first-order valence-corrected chi connectivity index (χ1v) is 8.18. The van der Waals surface area contributed by atoms with Crippen molar-refractivity contribution >= 4 is 17.8 Å². The minimum atomic E-state index is -0.144. The third kappa shape index (κ3) is 3.63. The van der Waals surface area contributed by atoms with Gasteiger partial charge in [0.25, 0.3) is 0 Å². The highest BCUT2D eigenvalue weighted by Gasteiger charge is 2.28. The van der Waals surface area contributed by atoms with Gasteiger partial charge in [-0.1, -0.05) is 30.3 Å². The van der Waals surface area contributed by atoms with Crippen molar-refractivity contribution < 1.29 is 14.3 Å². The van der Waals surface area contributed by atoms with Gasteiger partial charge in [-0.2, -0.15) is 0 Å². The highest BCUT2D eigenvalue weighted by atomic mass is 16.5. The SMILES string of the molecule is COc1ccc2c(c1)/C(=C/C(=O)c1ccc(C=O)cc1)NC(C)(C)C2. The molecule has 25 heavy (non-hydrogen) atoms. The van der Waals surface area contributed by atoms with Crippen molar-refractivity contribution in [3.8, 4) is 5.75 Å². The number of methoxy groups -OCH3 is 1. The number of benzene rings is 2. The van der Waals surface area contributed by atoms with E-state index in [1.54, 1.807) is 37.5 Å². The van der Waals surface area contributed by atoms with Crippen LogP contribution in [-0.4, -0.2) is 24.7 Å². The average Bonchev–Trinajstić information content (AvgIpc) is 2.60. The molecule has 0 unspecified atom stereocenters. The third-order valence-electron chi connectivity index (χ3n) is 4.32. The first kappa shape index (κ1) is 17.0. The lowest BCUT2D eigenvalue weighted by atomic mass is 9.85. The molecule has 2 aromatic rings. The van der Waals surface area contributed by atoms with E-state index >= 15 is 0 Å². The van der Waals surface area contributed by atoms with Crippen LogP contribution in [0.25, 0.3) is 5.70 Å². The Balaban J connectivity index is 2.01. The maximum Gasteiger partial charge on any atom is 0.187 e. The summed E-state index contributed by atoms with van der Waals surface area (Å²) >= 11 is 0. The molecule has 0 fully saturated rings. The Morgan fingerprint density at radius 2 is 1.88 bits per heavy atom. The predicted octanol–water partition coefficient (Wildman–Crippen LogP) is 3.66. The fourth-order valence-electron chi connectivity index (χ4n) is 3.09. The number of rotatable bonds is 4. The Morgan fingerprint density at radius 3 is 2.52 bits per heavy atom. The summed E-state index contributed by atoms with van der Waals surface area (Å²) in [4.78, 5) is 23.4. The lowest BCUT2D eigenvalue weighted by Gasteiger charge is -2.35. The fourth-order valence-corrected chi connectivity index (χ4v) is 3.09. The van der Waals surface area contributed by atoms with Crippen LogP contribution in [0.1, 0.15) is 45.7 Å². The van der Waals surface area contributed by atoms with E-state index in [0.717, 1.165) is 29.7 Å². The van der Waals surface area contributed by atoms with Gasteiger partial charge in [-0.15, -0.1) is 0 Å². The maximum atomic E-state index is 12.7. The zero-order valence-electron chi connectivity index (χ0n) is 14.6. The van der Waals surface area contributed by atoms with Crippen molar-refractivity contribution in [2.24, 2.45) is 0 Å². The van der Waals surface area contributed by atoms with E-state index in [-0.39, 0.29) is 11.3 Å². The van der Waals surface area contributed by atoms with Crippen molar-refractivity contribution in [1.82, 2.24) is 5.32 Å². The average molecular weight is 335 g/mol. The van der Waals surface area contributed by atoms with Crippen LogP contribution in [0.5, 0.6) is 5.75 Å². The molecule has 0 saturated carbocycles. The molecule has 1 aliphatic rings. The third-order valence-corrected chi connectivity index (χ3v) is 4.32. The molecule has 1 heterocycles. The highest BCUT2D eigenvalue weighted by Crippen LogP contribution is 2.32. The van der Waals surface area contributed by atoms with Crippen LogP contribution >= 0.6 is 0 Å². The van der Waals surface area contributed by atoms with Crippen molar-refractivity contribution in [3.63, 3.8) is 0 Å². The summed E-state index contributed by atoms with van der Waals surface area (Å²) in [6, 6.07) is 12.6. The summed E-state index contributed by atoms with van der Waals surface area (Å²) in [5.41, 5.74) is 3.91. The molecule has 4 heteroatoms. The minimum Gasteiger partial charge on any atom is -0.497 e. The van der Waals surface area contributed by atoms with Gasteiger partial charge in [0, 0.05) is 34.0 Å². The van der Waals surface area contributed by atoms with Crippen molar-refractivity contribution in [2.45, 2.75) is 25.8 Å². The minimum absolute atomic E-state index is 0.105. The first-order chi connectivity index (χ1) is 11.9. The van der Waals surface area contributed by atoms with Gasteiger partial charge < -0.3 is 10.1 Å². The number of hydrogen-bond acceptors (Lipinski definition) is 4. The van der Waals surface area contributed by atoms with Crippen molar-refractivity contribution in [2.75, 3.05) is 7.11 Å². The summed E-state index contributed by atoms with van der Waals surface area (Å²) in [5, 5.41) is 3.45. The number of allylic oxidation sites excluding steroid dienone is 1. The van der Waals surface area contributed by atoms with Crippen molar-refractivity contribution in [3.05, 3.63) is 70.8 Å². The fraction of sp³-hybridized carbons (Fsp3) is 0.238. The molecule has 128 valence electrons. The van der Waals surface area contributed by atoms with Gasteiger partial charge in [0.1, 0.15) is 12.0 Å². The molecule has 2 aromatic carbocycles. The molecule has 1 N–H and O–H groups in total. The second-order valence-corrected chi connectivity index (χ2v) is 6.87. The monoisotopic (exact) mass is 335 g/mol. The summed E-state index contributed by atoms with van der Waals surface area (Å²) in [7, 11) is 1.63. The quantitative estimate of drug-likeness (QED) is 0.526. The van der Waals surface area contributed by atoms with E-state index in [1.807, 2.05) is 18.2 Å². The lowest BCUT2D eigenvalue weighted by Crippen LogP contribution is -2.43. The summed E-state index contributed by atoms with van der Waals surface area (Å²) in [6.45, 7) is 4.22. The first-order valence-electron chi connectivity index (χ1n) is 8.18. The van der Waals surface area contributed by atoms with Crippen LogP contribution in [0, 0.1) is 0 Å². The second-order valence-electron chi connectivity index (χ2n) is 6.87. The van der Waals surface area contributed by atoms with Crippen molar-refractivity contribution in [1.29, 1.82) is 0 Å². The maximum absolute atomic E-state index is 12.7. The molecule has 0 bridgehead atoms. The zero-order chi connectivity index (χ0) is 18.0. The second kappa shape index (κ2) is 6.55. The molecular weight excluding hydrogens is 314 g/mol. The van der Waals surface area contributed by atoms with Gasteiger partial charge in [0.2, 0.25) is 0 Å². The molecule has 0 spiro atoms. The van der Waals surface area contributed by atoms with Crippen LogP contribution in [0.3, 0.4) is 0 Å². The number of aldehydes is 1. The molecule has 0 radical (unpaired) electrons. The van der Waals surface area contributed by atoms with Crippen LogP contribution < -0.4 is 10.1 Å². The topological polar surface area (TPSA) is 55.4 Å². The van der Waals surface area contributed by atoms with Crippen LogP contribution in [0.2, 0.25) is 0 Å². The number of carbonyl (C=O) groups is 2. The van der Waals surface area contributed by atoms with Gasteiger partial charge in [-0.25, -0.2) is 0 Å². The smallest absolute Gasteiger partial charge is 0.187 e. The van der Waals surface area contributed by atoms with Gasteiger partial charge in [0.15, 0.2) is 5.78 Å². The van der Waals surface area contributed by atoms with E-state index < -0.39 is 0 Å². The molecule has 0 aliphatic carbocycles. The number of ketones is 1. The molecule has 1 aliphatic heterocycles. The Hall–Kier alpha value is -2.88. The predicted molar refractivity (Wildman–Crippen MR) is 98.0 cm³/mol. The molecular formula is C21H21NO3. The normalized spacial score (nSPS) is 16.7. The van der Waals surface area contributed by atoms with Gasteiger partial charge in [0.05, 0.1) is 7.11 Å². The van der Waals surface area contributed by atoms with E-state index in [4.69, 9.17) is 4.74 Å². The summed E-state index contributed by atoms with van der Waals surface area (Å²) in [6.07, 6.45) is 3.25. The van der Waals surface area contributed by atoms with Crippen LogP contribution in [0.15, 0.2) is 48.5 Å². The Labute approximate surface area is 147 Å². The standard InChI is InChI=1S/C21H21NO3/c1-21(2)12-16-8-9-17(25-3)10-18(16)19(22-21)11-20(24)15-6-4-14(13-23)5-7-15/h4-11,13,22H,12H2,1-3H3/b19-11-. The molecule has 0 atom stereocenters. The molecule has 4 nitrogen and oxygen atoms in total. The Bertz CT molecular complexity index is 848. The van der Waals surface area contributed by atoms with Crippen LogP contribution in [-0.2, 0) is 6.42 Å². The molecule has 0 saturated heterocycles. The van der Waals surface area contributed by atoms with Gasteiger partial charge >= 0.3 is 0 Å². The Morgan fingerprint density at radius 1 is 1.16 bits per heavy atom. The Kier molecular flexibility index (Phi) is 4.45. The number of nitrogens with one attached hydrogen (secondary N) is 1. The molecule has 0 amide bonds. The summed E-state index contributed by atoms with van der Waals surface area (Å²) < 4.78 is 5.32. The number of fused-ring (bicyclic) bond motifs is 1. The van der Waals surface area contributed by atoms with E-state index in [2.05, 4.69) is 19.2 Å². The number of ether oxygens (including phenoxy) is 1. The van der Waals surface area contributed by atoms with E-state index in [0.29, 0.717) is 11.1 Å². The summed E-state index contributed by atoms with van der Waals surface area (Å²) in [5.74, 6) is 0.653. The number of carbonyl (C=O) groups excluding carboxylic acids is 2. The molecule has 3 rings (SSSR count). The van der Waals surface area contributed by atoms with Crippen LogP contribution in [0.4, 0.5) is 0 Å². The van der Waals surface area contributed by atoms with E-state index in [1.165, 1.54) is 5.56 Å². The number of hydrogen-bond donors (Lipinski definition) is 1. The highest BCUT2D eigenvalue weighted by molar-refractivity contribution is 6.08. The molecule has 0 aromatic heterocycles. The van der Waals surface area contributed by atoms with Gasteiger partial charge in [-0.05, 0) is 38.0 Å². The largest absolute Gasteiger partial charge is 0.497 e. The lowest BCUT2D eigenvalue weighted by molar-refractivity contribution is 0.104. The van der Waals surface area contributed by atoms with E-state index in [9.17, 15) is 9.59 Å².